The molecule has 0 bridgehead atoms. The van der Waals surface area contributed by atoms with E-state index in [1.165, 1.54) is 23.1 Å². The summed E-state index contributed by atoms with van der Waals surface area (Å²) in [6.45, 7) is 9.57. The number of hydrogen-bond donors (Lipinski definition) is 1. The molecule has 2 rings (SSSR count). The van der Waals surface area contributed by atoms with Crippen LogP contribution < -0.4 is 10.1 Å². The average molecular weight is 369 g/mol. The van der Waals surface area contributed by atoms with Crippen LogP contribution in [0.15, 0.2) is 12.1 Å². The van der Waals surface area contributed by atoms with Gasteiger partial charge >= 0.3 is 0 Å². The first-order chi connectivity index (χ1) is 11.5. The predicted octanol–water partition coefficient (Wildman–Crippen LogP) is 3.65. The van der Waals surface area contributed by atoms with Gasteiger partial charge in [0.2, 0.25) is 5.91 Å². The number of ether oxygens (including phenoxy) is 1. The second kappa shape index (κ2) is 10.7. The van der Waals surface area contributed by atoms with Crippen molar-refractivity contribution in [3.63, 3.8) is 0 Å². The molecule has 1 aliphatic heterocycles. The van der Waals surface area contributed by atoms with E-state index in [0.29, 0.717) is 13.0 Å². The highest BCUT2D eigenvalue weighted by Crippen LogP contribution is 2.24. The average Bonchev–Trinajstić information content (AvgIpc) is 2.57. The first kappa shape index (κ1) is 21.8. The molecule has 1 fully saturated rings. The molecule has 4 nitrogen and oxygen atoms in total. The van der Waals surface area contributed by atoms with Gasteiger partial charge in [0.15, 0.2) is 0 Å². The van der Waals surface area contributed by atoms with Gasteiger partial charge in [0.05, 0.1) is 13.0 Å². The van der Waals surface area contributed by atoms with Crippen molar-refractivity contribution in [3.8, 4) is 5.75 Å². The Balaban J connectivity index is 0.00000312. The number of benzene rings is 1. The van der Waals surface area contributed by atoms with Crippen LogP contribution in [0.2, 0.25) is 0 Å². The van der Waals surface area contributed by atoms with Crippen LogP contribution in [0.25, 0.3) is 0 Å². The minimum Gasteiger partial charge on any atom is -0.493 e. The summed E-state index contributed by atoms with van der Waals surface area (Å²) in [5, 5.41) is 3.21. The Kier molecular flexibility index (Phi) is 9.30. The monoisotopic (exact) mass is 368 g/mol. The van der Waals surface area contributed by atoms with Crippen LogP contribution in [-0.4, -0.2) is 44.1 Å². The first-order valence-electron chi connectivity index (χ1n) is 9.14. The van der Waals surface area contributed by atoms with Gasteiger partial charge in [-0.3, -0.25) is 4.79 Å². The molecule has 142 valence electrons. The van der Waals surface area contributed by atoms with E-state index >= 15 is 0 Å². The predicted molar refractivity (Wildman–Crippen MR) is 106 cm³/mol. The first-order valence-corrected chi connectivity index (χ1v) is 9.14. The van der Waals surface area contributed by atoms with Crippen LogP contribution in [0, 0.1) is 26.7 Å². The molecule has 5 heteroatoms. The summed E-state index contributed by atoms with van der Waals surface area (Å²) >= 11 is 0. The Bertz CT molecular complexity index is 555. The highest BCUT2D eigenvalue weighted by Gasteiger charge is 2.22. The zero-order valence-electron chi connectivity index (χ0n) is 16.1. The lowest BCUT2D eigenvalue weighted by atomic mass is 9.93. The van der Waals surface area contributed by atoms with Gasteiger partial charge in [0, 0.05) is 13.1 Å². The number of rotatable bonds is 7. The normalized spacial score (nSPS) is 15.0. The lowest BCUT2D eigenvalue weighted by Crippen LogP contribution is -2.39. The van der Waals surface area contributed by atoms with Crippen molar-refractivity contribution in [2.45, 2.75) is 46.5 Å². The number of carbonyl (C=O) groups is 1. The number of nitrogens with one attached hydrogen (secondary N) is 1. The topological polar surface area (TPSA) is 41.6 Å². The van der Waals surface area contributed by atoms with Gasteiger partial charge in [-0.15, -0.1) is 12.4 Å². The third kappa shape index (κ3) is 6.52. The number of carbonyl (C=O) groups excluding carboxylic acids is 1. The number of aryl methyl sites for hydroxylation is 2. The number of piperidine rings is 1. The highest BCUT2D eigenvalue weighted by atomic mass is 35.5. The standard InChI is InChI=1S/C20H32N2O2.ClH/c1-15-13-16(2)17(3)19(14-15)24-12-8-20(23)22-10-6-18(7-11-22)5-9-21-4;/h13-14,18,21H,5-12H2,1-4H3;1H. The number of nitrogens with zero attached hydrogens (tertiary/aromatic N) is 1. The molecule has 0 aliphatic carbocycles. The molecule has 0 atom stereocenters. The third-order valence-electron chi connectivity index (χ3n) is 5.11. The molecule has 25 heavy (non-hydrogen) atoms. The molecule has 1 saturated heterocycles. The van der Waals surface area contributed by atoms with Gasteiger partial charge in [0.1, 0.15) is 5.75 Å². The second-order valence-electron chi connectivity index (χ2n) is 7.02. The Morgan fingerprint density at radius 3 is 2.56 bits per heavy atom. The maximum Gasteiger partial charge on any atom is 0.225 e. The Morgan fingerprint density at radius 2 is 1.92 bits per heavy atom. The summed E-state index contributed by atoms with van der Waals surface area (Å²) in [5.41, 5.74) is 3.60. The van der Waals surface area contributed by atoms with E-state index in [2.05, 4.69) is 38.2 Å². The van der Waals surface area contributed by atoms with Gasteiger partial charge in [0.25, 0.3) is 0 Å². The molecule has 1 N–H and O–H groups in total. The van der Waals surface area contributed by atoms with E-state index in [9.17, 15) is 4.79 Å². The fourth-order valence-electron chi connectivity index (χ4n) is 3.38. The van der Waals surface area contributed by atoms with Crippen molar-refractivity contribution in [1.82, 2.24) is 10.2 Å². The van der Waals surface area contributed by atoms with Crippen molar-refractivity contribution < 1.29 is 9.53 Å². The van der Waals surface area contributed by atoms with Gasteiger partial charge in [-0.25, -0.2) is 0 Å². The maximum atomic E-state index is 12.4. The zero-order chi connectivity index (χ0) is 17.5. The van der Waals surface area contributed by atoms with Crippen LogP contribution in [0.1, 0.15) is 42.4 Å². The van der Waals surface area contributed by atoms with Crippen molar-refractivity contribution >= 4 is 18.3 Å². The summed E-state index contributed by atoms with van der Waals surface area (Å²) in [7, 11) is 2.00. The van der Waals surface area contributed by atoms with Crippen LogP contribution in [0.4, 0.5) is 0 Å². The minimum absolute atomic E-state index is 0. The molecule has 1 amide bonds. The smallest absolute Gasteiger partial charge is 0.225 e. The van der Waals surface area contributed by atoms with E-state index in [1.54, 1.807) is 0 Å². The molecular weight excluding hydrogens is 336 g/mol. The third-order valence-corrected chi connectivity index (χ3v) is 5.11. The summed E-state index contributed by atoms with van der Waals surface area (Å²) in [5.74, 6) is 1.89. The lowest BCUT2D eigenvalue weighted by molar-refractivity contribution is -0.133. The largest absolute Gasteiger partial charge is 0.493 e. The van der Waals surface area contributed by atoms with Crippen LogP contribution >= 0.6 is 12.4 Å². The number of halogens is 1. The second-order valence-corrected chi connectivity index (χ2v) is 7.02. The quantitative estimate of drug-likeness (QED) is 0.798. The molecule has 1 heterocycles. The van der Waals surface area contributed by atoms with Crippen molar-refractivity contribution in [2.24, 2.45) is 5.92 Å². The van der Waals surface area contributed by atoms with Gasteiger partial charge in [-0.05, 0) is 82.3 Å². The van der Waals surface area contributed by atoms with E-state index < -0.39 is 0 Å². The Morgan fingerprint density at radius 1 is 1.24 bits per heavy atom. The highest BCUT2D eigenvalue weighted by molar-refractivity contribution is 5.85. The van der Waals surface area contributed by atoms with Crippen molar-refractivity contribution in [3.05, 3.63) is 28.8 Å². The van der Waals surface area contributed by atoms with Crippen LogP contribution in [-0.2, 0) is 4.79 Å². The van der Waals surface area contributed by atoms with Gasteiger partial charge in [-0.2, -0.15) is 0 Å². The molecule has 0 aromatic heterocycles. The zero-order valence-corrected chi connectivity index (χ0v) is 16.9. The molecule has 0 radical (unpaired) electrons. The van der Waals surface area contributed by atoms with E-state index in [0.717, 1.165) is 44.1 Å². The molecule has 1 aromatic rings. The molecule has 1 aliphatic rings. The SMILES string of the molecule is CNCCC1CCN(C(=O)CCOc2cc(C)cc(C)c2C)CC1.Cl. The fourth-order valence-corrected chi connectivity index (χ4v) is 3.38. The number of amides is 1. The molecule has 0 saturated carbocycles. The van der Waals surface area contributed by atoms with Gasteiger partial charge in [-0.1, -0.05) is 6.07 Å². The van der Waals surface area contributed by atoms with Gasteiger partial charge < -0.3 is 15.0 Å². The number of hydrogen-bond acceptors (Lipinski definition) is 3. The summed E-state index contributed by atoms with van der Waals surface area (Å²) in [4.78, 5) is 14.4. The molecular formula is C20H33ClN2O2. The van der Waals surface area contributed by atoms with Crippen LogP contribution in [0.5, 0.6) is 5.75 Å². The Hall–Kier alpha value is -1.26. The summed E-state index contributed by atoms with van der Waals surface area (Å²) in [6, 6.07) is 4.21. The van der Waals surface area contributed by atoms with E-state index in [4.69, 9.17) is 4.74 Å². The van der Waals surface area contributed by atoms with Crippen molar-refractivity contribution in [2.75, 3.05) is 33.3 Å². The lowest BCUT2D eigenvalue weighted by Gasteiger charge is -2.32. The molecule has 0 spiro atoms. The maximum absolute atomic E-state index is 12.4. The molecule has 0 unspecified atom stereocenters. The summed E-state index contributed by atoms with van der Waals surface area (Å²) in [6.07, 6.45) is 3.94. The number of likely N-dealkylation sites (tertiary alicyclic amines) is 1. The van der Waals surface area contributed by atoms with E-state index in [1.807, 2.05) is 11.9 Å². The fraction of sp³-hybridized carbons (Fsp3) is 0.650. The Labute approximate surface area is 158 Å². The minimum atomic E-state index is 0. The summed E-state index contributed by atoms with van der Waals surface area (Å²) < 4.78 is 5.88. The van der Waals surface area contributed by atoms with E-state index in [-0.39, 0.29) is 18.3 Å². The molecule has 1 aromatic carbocycles. The van der Waals surface area contributed by atoms with Crippen LogP contribution in [0.3, 0.4) is 0 Å². The van der Waals surface area contributed by atoms with Crippen molar-refractivity contribution in [1.29, 1.82) is 0 Å².